The molecule has 0 saturated heterocycles. The predicted molar refractivity (Wildman–Crippen MR) is 96.7 cm³/mol. The van der Waals surface area contributed by atoms with Gasteiger partial charge in [-0.05, 0) is 81.5 Å². The van der Waals surface area contributed by atoms with Crippen LogP contribution in [0.4, 0.5) is 0 Å². The summed E-state index contributed by atoms with van der Waals surface area (Å²) in [5.74, 6) is 3.56. The molecule has 2 heteroatoms. The molecule has 0 aromatic heterocycles. The van der Waals surface area contributed by atoms with Gasteiger partial charge >= 0.3 is 0 Å². The number of hydrogen-bond acceptors (Lipinski definition) is 2. The molecule has 0 bridgehead atoms. The monoisotopic (exact) mass is 332 g/mol. The van der Waals surface area contributed by atoms with Crippen LogP contribution in [0.5, 0.6) is 0 Å². The van der Waals surface area contributed by atoms with Crippen molar-refractivity contribution < 1.29 is 9.53 Å². The number of hydrogen-bond donors (Lipinski definition) is 0. The highest BCUT2D eigenvalue weighted by atomic mass is 16.5. The van der Waals surface area contributed by atoms with Gasteiger partial charge in [0.25, 0.3) is 0 Å². The number of carbonyl (C=O) groups is 1. The van der Waals surface area contributed by atoms with Crippen molar-refractivity contribution in [1.82, 2.24) is 0 Å². The van der Waals surface area contributed by atoms with E-state index in [2.05, 4.69) is 27.7 Å². The van der Waals surface area contributed by atoms with Crippen molar-refractivity contribution in [2.24, 2.45) is 34.5 Å². The molecule has 0 unspecified atom stereocenters. The Kier molecular flexibility index (Phi) is 4.14. The maximum Gasteiger partial charge on any atom is 0.162 e. The van der Waals surface area contributed by atoms with Crippen LogP contribution in [-0.4, -0.2) is 18.0 Å². The lowest BCUT2D eigenvalue weighted by Gasteiger charge is -2.60. The first-order valence-electron chi connectivity index (χ1n) is 10.5. The lowest BCUT2D eigenvalue weighted by molar-refractivity contribution is -0.148. The summed E-state index contributed by atoms with van der Waals surface area (Å²) in [6.45, 7) is 9.13. The zero-order chi connectivity index (χ0) is 17.1. The highest BCUT2D eigenvalue weighted by Gasteiger charge is 2.62. The molecular formula is C22H36O2. The number of Topliss-reactive ketones (excluding diaryl/α,β-unsaturated/α-hetero) is 1. The van der Waals surface area contributed by atoms with Crippen molar-refractivity contribution in [3.05, 3.63) is 0 Å². The third kappa shape index (κ3) is 2.35. The molecule has 0 aliphatic heterocycles. The largest absolute Gasteiger partial charge is 0.367 e. The normalized spacial score (nSPS) is 51.2. The minimum atomic E-state index is -0.139. The SMILES string of the molecule is CC(C)O[C@H]1C(=O)C[C@H]2[C@@H]3CC[C@H]4CCCC[C@]4(C)[C@H]3CC[C@]12C. The molecule has 0 heterocycles. The van der Waals surface area contributed by atoms with Gasteiger partial charge in [-0.25, -0.2) is 0 Å². The minimum absolute atomic E-state index is 0.0976. The molecule has 2 nitrogen and oxygen atoms in total. The first-order chi connectivity index (χ1) is 11.4. The molecule has 4 fully saturated rings. The maximum absolute atomic E-state index is 12.8. The van der Waals surface area contributed by atoms with Crippen molar-refractivity contribution >= 4 is 5.78 Å². The van der Waals surface area contributed by atoms with Crippen molar-refractivity contribution in [3.8, 4) is 0 Å². The quantitative estimate of drug-likeness (QED) is 0.677. The zero-order valence-electron chi connectivity index (χ0n) is 16.1. The summed E-state index contributed by atoms with van der Waals surface area (Å²) in [5, 5.41) is 0. The molecule has 0 amide bonds. The molecule has 7 atom stereocenters. The predicted octanol–water partition coefficient (Wildman–Crippen LogP) is 5.39. The van der Waals surface area contributed by atoms with Gasteiger partial charge in [0.2, 0.25) is 0 Å². The Morgan fingerprint density at radius 2 is 1.75 bits per heavy atom. The van der Waals surface area contributed by atoms with Gasteiger partial charge in [-0.1, -0.05) is 26.7 Å². The van der Waals surface area contributed by atoms with Gasteiger partial charge in [-0.3, -0.25) is 4.79 Å². The Bertz CT molecular complexity index is 512. The molecule has 0 aromatic rings. The number of ketones is 1. The first kappa shape index (κ1) is 17.1. The summed E-state index contributed by atoms with van der Waals surface area (Å²) < 4.78 is 6.16. The molecule has 0 N–H and O–H groups in total. The van der Waals surface area contributed by atoms with Crippen molar-refractivity contribution in [3.63, 3.8) is 0 Å². The van der Waals surface area contributed by atoms with Gasteiger partial charge in [0.1, 0.15) is 6.10 Å². The van der Waals surface area contributed by atoms with E-state index >= 15 is 0 Å². The van der Waals surface area contributed by atoms with E-state index < -0.39 is 0 Å². The highest BCUT2D eigenvalue weighted by molar-refractivity contribution is 5.87. The Morgan fingerprint density at radius 1 is 0.958 bits per heavy atom. The maximum atomic E-state index is 12.8. The summed E-state index contributed by atoms with van der Waals surface area (Å²) in [6, 6.07) is 0. The van der Waals surface area contributed by atoms with Gasteiger partial charge in [0.05, 0.1) is 6.10 Å². The van der Waals surface area contributed by atoms with E-state index in [0.29, 0.717) is 17.1 Å². The number of rotatable bonds is 2. The van der Waals surface area contributed by atoms with Gasteiger partial charge in [0, 0.05) is 11.8 Å². The summed E-state index contributed by atoms with van der Waals surface area (Å²) in [4.78, 5) is 12.8. The fraction of sp³-hybridized carbons (Fsp3) is 0.955. The van der Waals surface area contributed by atoms with Gasteiger partial charge in [-0.15, -0.1) is 0 Å². The smallest absolute Gasteiger partial charge is 0.162 e. The summed E-state index contributed by atoms with van der Waals surface area (Å²) in [5.41, 5.74) is 0.656. The fourth-order valence-corrected chi connectivity index (χ4v) is 7.55. The molecule has 4 rings (SSSR count). The standard InChI is InChI=1S/C22H36O2/c1-14(2)24-20-19(23)13-18-16-9-8-15-7-5-6-11-21(15,3)17(16)10-12-22(18,20)4/h14-18,20H,5-13H2,1-4H3/t15-,16-,17+,18+,20+,21+,22+/m1/s1. The molecular weight excluding hydrogens is 296 g/mol. The van der Waals surface area contributed by atoms with Crippen molar-refractivity contribution in [1.29, 1.82) is 0 Å². The van der Waals surface area contributed by atoms with Crippen LogP contribution in [0, 0.1) is 34.5 Å². The Morgan fingerprint density at radius 3 is 2.50 bits per heavy atom. The van der Waals surface area contributed by atoms with E-state index in [1.54, 1.807) is 0 Å². The molecule has 0 spiro atoms. The minimum Gasteiger partial charge on any atom is -0.367 e. The third-order valence-corrected chi connectivity index (χ3v) is 8.74. The Hall–Kier alpha value is -0.370. The van der Waals surface area contributed by atoms with Crippen LogP contribution in [0.25, 0.3) is 0 Å². The molecule has 4 saturated carbocycles. The number of ether oxygens (including phenoxy) is 1. The third-order valence-electron chi connectivity index (χ3n) is 8.74. The van der Waals surface area contributed by atoms with Crippen LogP contribution in [0.2, 0.25) is 0 Å². The van der Waals surface area contributed by atoms with Crippen LogP contribution in [0.1, 0.15) is 85.5 Å². The Labute approximate surface area is 148 Å². The van der Waals surface area contributed by atoms with Crippen molar-refractivity contribution in [2.75, 3.05) is 0 Å². The summed E-state index contributed by atoms with van der Waals surface area (Å²) in [6.07, 6.45) is 11.9. The first-order valence-corrected chi connectivity index (χ1v) is 10.5. The van der Waals surface area contributed by atoms with Gasteiger partial charge < -0.3 is 4.74 Å². The van der Waals surface area contributed by atoms with Crippen molar-refractivity contribution in [2.45, 2.75) is 97.7 Å². The average Bonchev–Trinajstić information content (AvgIpc) is 2.78. The molecule has 136 valence electrons. The van der Waals surface area contributed by atoms with E-state index in [9.17, 15) is 4.79 Å². The van der Waals surface area contributed by atoms with Gasteiger partial charge in [0.15, 0.2) is 5.78 Å². The Balaban J connectivity index is 1.62. The zero-order valence-corrected chi connectivity index (χ0v) is 16.1. The van der Waals surface area contributed by atoms with Gasteiger partial charge in [-0.2, -0.15) is 0 Å². The second-order valence-corrected chi connectivity index (χ2v) is 10.2. The average molecular weight is 333 g/mol. The second-order valence-electron chi connectivity index (χ2n) is 10.2. The lowest BCUT2D eigenvalue weighted by atomic mass is 9.45. The van der Waals surface area contributed by atoms with Crippen LogP contribution in [0.3, 0.4) is 0 Å². The number of fused-ring (bicyclic) bond motifs is 5. The van der Waals surface area contributed by atoms with Crippen LogP contribution < -0.4 is 0 Å². The summed E-state index contributed by atoms with van der Waals surface area (Å²) >= 11 is 0. The van der Waals surface area contributed by atoms with E-state index in [1.165, 1.54) is 51.4 Å². The van der Waals surface area contributed by atoms with E-state index in [4.69, 9.17) is 4.74 Å². The van der Waals surface area contributed by atoms with Crippen LogP contribution in [-0.2, 0) is 9.53 Å². The van der Waals surface area contributed by atoms with E-state index in [-0.39, 0.29) is 17.6 Å². The topological polar surface area (TPSA) is 26.3 Å². The molecule has 24 heavy (non-hydrogen) atoms. The van der Waals surface area contributed by atoms with E-state index in [1.807, 2.05) is 0 Å². The van der Waals surface area contributed by atoms with Crippen LogP contribution in [0.15, 0.2) is 0 Å². The fourth-order valence-electron chi connectivity index (χ4n) is 7.55. The van der Waals surface area contributed by atoms with E-state index in [0.717, 1.165) is 24.2 Å². The summed E-state index contributed by atoms with van der Waals surface area (Å²) in [7, 11) is 0. The molecule has 4 aliphatic carbocycles. The molecule has 0 aromatic carbocycles. The lowest BCUT2D eigenvalue weighted by Crippen LogP contribution is -2.53. The van der Waals surface area contributed by atoms with Crippen LogP contribution >= 0.6 is 0 Å². The number of carbonyl (C=O) groups excluding carboxylic acids is 1. The molecule has 4 aliphatic rings. The molecule has 0 radical (unpaired) electrons. The highest BCUT2D eigenvalue weighted by Crippen LogP contribution is 2.66. The second kappa shape index (κ2) is 5.83.